The molecule has 2 unspecified atom stereocenters. The molecule has 2 atom stereocenters. The lowest BCUT2D eigenvalue weighted by atomic mass is 9.89. The van der Waals surface area contributed by atoms with E-state index >= 15 is 0 Å². The minimum atomic E-state index is 0. The van der Waals surface area contributed by atoms with Crippen molar-refractivity contribution in [2.24, 2.45) is 5.92 Å². The van der Waals surface area contributed by atoms with Gasteiger partial charge in [-0.15, -0.1) is 12.4 Å². The van der Waals surface area contributed by atoms with E-state index in [1.807, 2.05) is 0 Å². The smallest absolute Gasteiger partial charge is 0.222 e. The number of amides is 1. The van der Waals surface area contributed by atoms with Gasteiger partial charge in [-0.25, -0.2) is 0 Å². The summed E-state index contributed by atoms with van der Waals surface area (Å²) in [5.41, 5.74) is 0. The largest absolute Gasteiger partial charge is 0.340 e. The Bertz CT molecular complexity index is 306. The zero-order valence-electron chi connectivity index (χ0n) is 11.8. The molecular formula is C14H26ClN3O. The quantitative estimate of drug-likeness (QED) is 0.826. The molecule has 3 aliphatic rings. The molecular weight excluding hydrogens is 262 g/mol. The summed E-state index contributed by atoms with van der Waals surface area (Å²) in [6, 6.07) is 1.41. The molecule has 0 radical (unpaired) electrons. The van der Waals surface area contributed by atoms with Crippen LogP contribution >= 0.6 is 12.4 Å². The maximum atomic E-state index is 12.3. The van der Waals surface area contributed by atoms with Crippen molar-refractivity contribution >= 4 is 18.3 Å². The third-order valence-electron chi connectivity index (χ3n) is 4.89. The highest BCUT2D eigenvalue weighted by Gasteiger charge is 2.35. The first-order valence-electron chi connectivity index (χ1n) is 7.43. The Balaban J connectivity index is 0.00000133. The maximum absolute atomic E-state index is 12.3. The lowest BCUT2D eigenvalue weighted by Gasteiger charge is -2.35. The Morgan fingerprint density at radius 2 is 1.68 bits per heavy atom. The molecule has 0 saturated carbocycles. The van der Waals surface area contributed by atoms with Gasteiger partial charge in [-0.05, 0) is 38.6 Å². The Morgan fingerprint density at radius 3 is 2.26 bits per heavy atom. The predicted octanol–water partition coefficient (Wildman–Crippen LogP) is 1.10. The van der Waals surface area contributed by atoms with Crippen LogP contribution in [0.4, 0.5) is 0 Å². The lowest BCUT2D eigenvalue weighted by molar-refractivity contribution is -0.134. The van der Waals surface area contributed by atoms with Crippen molar-refractivity contribution in [3.63, 3.8) is 0 Å². The molecule has 3 saturated heterocycles. The van der Waals surface area contributed by atoms with E-state index in [1.165, 1.54) is 25.7 Å². The van der Waals surface area contributed by atoms with Gasteiger partial charge >= 0.3 is 0 Å². The van der Waals surface area contributed by atoms with Crippen LogP contribution in [0.1, 0.15) is 32.1 Å². The number of hydrogen-bond donors (Lipinski definition) is 1. The van der Waals surface area contributed by atoms with Crippen LogP contribution in [0.5, 0.6) is 0 Å². The number of likely N-dealkylation sites (N-methyl/N-ethyl adjacent to an activating group) is 1. The number of fused-ring (bicyclic) bond motifs is 2. The molecule has 0 aromatic carbocycles. The van der Waals surface area contributed by atoms with E-state index in [0.717, 1.165) is 32.6 Å². The van der Waals surface area contributed by atoms with Gasteiger partial charge in [-0.1, -0.05) is 0 Å². The van der Waals surface area contributed by atoms with Crippen LogP contribution in [0.2, 0.25) is 0 Å². The molecule has 0 aromatic rings. The van der Waals surface area contributed by atoms with Crippen LogP contribution in [0.3, 0.4) is 0 Å². The van der Waals surface area contributed by atoms with Crippen LogP contribution in [0.25, 0.3) is 0 Å². The molecule has 110 valence electrons. The minimum Gasteiger partial charge on any atom is -0.340 e. The van der Waals surface area contributed by atoms with Crippen molar-refractivity contribution in [2.45, 2.75) is 44.2 Å². The Kier molecular flexibility index (Phi) is 5.09. The van der Waals surface area contributed by atoms with Gasteiger partial charge in [0.05, 0.1) is 0 Å². The van der Waals surface area contributed by atoms with E-state index in [0.29, 0.717) is 23.9 Å². The summed E-state index contributed by atoms with van der Waals surface area (Å²) in [4.78, 5) is 16.7. The van der Waals surface area contributed by atoms with Crippen molar-refractivity contribution in [3.8, 4) is 0 Å². The van der Waals surface area contributed by atoms with Gasteiger partial charge in [-0.3, -0.25) is 4.79 Å². The Labute approximate surface area is 122 Å². The van der Waals surface area contributed by atoms with Crippen LogP contribution < -0.4 is 5.32 Å². The Hall–Kier alpha value is -0.320. The second kappa shape index (κ2) is 6.42. The number of carbonyl (C=O) groups excluding carboxylic acids is 1. The third kappa shape index (κ3) is 3.61. The third-order valence-corrected chi connectivity index (χ3v) is 4.89. The molecule has 3 fully saturated rings. The first kappa shape index (κ1) is 15.1. The number of carbonyl (C=O) groups is 1. The number of hydrogen-bond acceptors (Lipinski definition) is 3. The monoisotopic (exact) mass is 287 g/mol. The fourth-order valence-electron chi connectivity index (χ4n) is 3.77. The van der Waals surface area contributed by atoms with Gasteiger partial charge in [0.25, 0.3) is 0 Å². The summed E-state index contributed by atoms with van der Waals surface area (Å²) in [7, 11) is 2.13. The van der Waals surface area contributed by atoms with Gasteiger partial charge in [0.2, 0.25) is 5.91 Å². The molecule has 0 spiro atoms. The molecule has 3 heterocycles. The predicted molar refractivity (Wildman–Crippen MR) is 78.6 cm³/mol. The fraction of sp³-hybridized carbons (Fsp3) is 0.929. The van der Waals surface area contributed by atoms with Crippen LogP contribution in [-0.4, -0.2) is 61.0 Å². The highest BCUT2D eigenvalue weighted by molar-refractivity contribution is 5.85. The molecule has 19 heavy (non-hydrogen) atoms. The normalized spacial score (nSPS) is 35.0. The van der Waals surface area contributed by atoms with E-state index < -0.39 is 0 Å². The summed E-state index contributed by atoms with van der Waals surface area (Å²) in [6.07, 6.45) is 5.87. The number of nitrogens with one attached hydrogen (secondary N) is 1. The molecule has 3 rings (SSSR count). The summed E-state index contributed by atoms with van der Waals surface area (Å²) >= 11 is 0. The highest BCUT2D eigenvalue weighted by atomic mass is 35.5. The van der Waals surface area contributed by atoms with Crippen LogP contribution in [0, 0.1) is 5.92 Å². The van der Waals surface area contributed by atoms with Crippen LogP contribution in [-0.2, 0) is 4.79 Å². The SMILES string of the molecule is CN1CCN(C(=O)CC2CC3CCC(C2)N3)CC1.Cl. The van der Waals surface area contributed by atoms with Gasteiger partial charge in [0, 0.05) is 44.7 Å². The standard InChI is InChI=1S/C14H25N3O.ClH/c1-16-4-6-17(7-5-16)14(18)10-11-8-12-2-3-13(9-11)15-12;/h11-13,15H,2-10H2,1H3;1H. The van der Waals surface area contributed by atoms with Crippen molar-refractivity contribution in [3.05, 3.63) is 0 Å². The van der Waals surface area contributed by atoms with Gasteiger partial charge in [0.15, 0.2) is 0 Å². The van der Waals surface area contributed by atoms with Crippen molar-refractivity contribution in [2.75, 3.05) is 33.2 Å². The molecule has 1 amide bonds. The first-order chi connectivity index (χ1) is 8.70. The van der Waals surface area contributed by atoms with Crippen molar-refractivity contribution in [1.82, 2.24) is 15.1 Å². The molecule has 0 aliphatic carbocycles. The average molecular weight is 288 g/mol. The van der Waals surface area contributed by atoms with E-state index in [4.69, 9.17) is 0 Å². The summed E-state index contributed by atoms with van der Waals surface area (Å²) in [5.74, 6) is 1.03. The number of piperazine rings is 1. The zero-order valence-corrected chi connectivity index (χ0v) is 12.6. The molecule has 3 aliphatic heterocycles. The number of nitrogens with zero attached hydrogens (tertiary/aromatic N) is 2. The van der Waals surface area contributed by atoms with E-state index in [1.54, 1.807) is 0 Å². The minimum absolute atomic E-state index is 0. The highest BCUT2D eigenvalue weighted by Crippen LogP contribution is 2.32. The molecule has 4 nitrogen and oxygen atoms in total. The number of halogens is 1. The zero-order chi connectivity index (χ0) is 12.5. The van der Waals surface area contributed by atoms with Gasteiger partial charge < -0.3 is 15.1 Å². The summed E-state index contributed by atoms with van der Waals surface area (Å²) < 4.78 is 0. The second-order valence-corrected chi connectivity index (χ2v) is 6.36. The van der Waals surface area contributed by atoms with E-state index in [-0.39, 0.29) is 12.4 Å². The van der Waals surface area contributed by atoms with Crippen molar-refractivity contribution in [1.29, 1.82) is 0 Å². The van der Waals surface area contributed by atoms with E-state index in [2.05, 4.69) is 22.2 Å². The lowest BCUT2D eigenvalue weighted by Crippen LogP contribution is -2.48. The topological polar surface area (TPSA) is 35.6 Å². The number of piperidine rings is 1. The molecule has 1 N–H and O–H groups in total. The molecule has 0 aromatic heterocycles. The van der Waals surface area contributed by atoms with Gasteiger partial charge in [-0.2, -0.15) is 0 Å². The Morgan fingerprint density at radius 1 is 1.11 bits per heavy atom. The molecule has 2 bridgehead atoms. The fourth-order valence-corrected chi connectivity index (χ4v) is 3.77. The second-order valence-electron chi connectivity index (χ2n) is 6.36. The maximum Gasteiger partial charge on any atom is 0.222 e. The van der Waals surface area contributed by atoms with Crippen molar-refractivity contribution < 1.29 is 4.79 Å². The average Bonchev–Trinajstić information content (AvgIpc) is 2.69. The first-order valence-corrected chi connectivity index (χ1v) is 7.43. The van der Waals surface area contributed by atoms with E-state index in [9.17, 15) is 4.79 Å². The van der Waals surface area contributed by atoms with Crippen LogP contribution in [0.15, 0.2) is 0 Å². The summed E-state index contributed by atoms with van der Waals surface area (Å²) in [6.45, 7) is 3.91. The molecule has 5 heteroatoms. The van der Waals surface area contributed by atoms with Gasteiger partial charge in [0.1, 0.15) is 0 Å². The summed E-state index contributed by atoms with van der Waals surface area (Å²) in [5, 5.41) is 3.65. The number of rotatable bonds is 2.